The molecule has 0 unspecified atom stereocenters. The molecule has 0 radical (unpaired) electrons. The Balaban J connectivity index is 1.56. The quantitative estimate of drug-likeness (QED) is 0.737. The molecule has 0 atom stereocenters. The first kappa shape index (κ1) is 16.0. The maximum Gasteiger partial charge on any atom is 0.252 e. The fourth-order valence-corrected chi connectivity index (χ4v) is 3.06. The van der Waals surface area contributed by atoms with Gasteiger partial charge in [0.05, 0.1) is 15.5 Å². The van der Waals surface area contributed by atoms with Gasteiger partial charge in [-0.2, -0.15) is 4.98 Å². The number of aromatic nitrogens is 2. The zero-order valence-electron chi connectivity index (χ0n) is 11.8. The van der Waals surface area contributed by atoms with Crippen molar-refractivity contribution in [2.24, 2.45) is 0 Å². The highest BCUT2D eigenvalue weighted by atomic mass is 35.5. The van der Waals surface area contributed by atoms with Gasteiger partial charge in [0.1, 0.15) is 0 Å². The van der Waals surface area contributed by atoms with Crippen molar-refractivity contribution < 1.29 is 9.32 Å². The summed E-state index contributed by atoms with van der Waals surface area (Å²) >= 11 is 13.3. The lowest BCUT2D eigenvalue weighted by atomic mass is 10.2. The lowest BCUT2D eigenvalue weighted by Crippen LogP contribution is -2.26. The van der Waals surface area contributed by atoms with Gasteiger partial charge >= 0.3 is 0 Å². The Morgan fingerprint density at radius 3 is 2.91 bits per heavy atom. The summed E-state index contributed by atoms with van der Waals surface area (Å²) in [6.45, 7) is 0.365. The fraction of sp³-hybridized carbons (Fsp3) is 0.133. The number of benzene rings is 1. The molecule has 2 aromatic heterocycles. The van der Waals surface area contributed by atoms with Gasteiger partial charge in [0, 0.05) is 18.0 Å². The van der Waals surface area contributed by atoms with E-state index >= 15 is 0 Å². The molecule has 5 nitrogen and oxygen atoms in total. The highest BCUT2D eigenvalue weighted by Crippen LogP contribution is 2.22. The van der Waals surface area contributed by atoms with Gasteiger partial charge in [-0.15, -0.1) is 11.3 Å². The number of hydrogen-bond acceptors (Lipinski definition) is 5. The molecule has 0 aliphatic carbocycles. The summed E-state index contributed by atoms with van der Waals surface area (Å²) in [5, 5.41) is 9.42. The van der Waals surface area contributed by atoms with Gasteiger partial charge in [-0.05, 0) is 29.6 Å². The first-order valence-electron chi connectivity index (χ1n) is 6.73. The summed E-state index contributed by atoms with van der Waals surface area (Å²) in [5.74, 6) is 0.752. The Bertz CT molecular complexity index is 818. The Morgan fingerprint density at radius 2 is 2.17 bits per heavy atom. The predicted octanol–water partition coefficient (Wildman–Crippen LogP) is 4.08. The van der Waals surface area contributed by atoms with Crippen molar-refractivity contribution in [3.05, 3.63) is 57.2 Å². The molecule has 23 heavy (non-hydrogen) atoms. The summed E-state index contributed by atoms with van der Waals surface area (Å²) in [5.41, 5.74) is 0.376. The average molecular weight is 368 g/mol. The third-order valence-electron chi connectivity index (χ3n) is 3.01. The Hall–Kier alpha value is -1.89. The van der Waals surface area contributed by atoms with E-state index in [-0.39, 0.29) is 5.91 Å². The molecule has 0 saturated carbocycles. The van der Waals surface area contributed by atoms with Gasteiger partial charge in [0.15, 0.2) is 0 Å². The van der Waals surface area contributed by atoms with E-state index < -0.39 is 0 Å². The first-order chi connectivity index (χ1) is 11.1. The Kier molecular flexibility index (Phi) is 4.95. The van der Waals surface area contributed by atoms with Gasteiger partial charge in [0.2, 0.25) is 11.7 Å². The summed E-state index contributed by atoms with van der Waals surface area (Å²) in [6.07, 6.45) is 0.440. The molecule has 2 heterocycles. The van der Waals surface area contributed by atoms with E-state index in [2.05, 4.69) is 15.5 Å². The van der Waals surface area contributed by atoms with Crippen LogP contribution in [-0.2, 0) is 6.42 Å². The molecule has 118 valence electrons. The molecule has 0 saturated heterocycles. The number of nitrogens with zero attached hydrogens (tertiary/aromatic N) is 2. The van der Waals surface area contributed by atoms with Crippen LogP contribution in [0.3, 0.4) is 0 Å². The number of amides is 1. The standard InChI is InChI=1S/C15H11Cl2N3O2S/c16-9-3-4-10(11(17)8-9)15(21)18-6-5-13-19-14(20-22-13)12-2-1-7-23-12/h1-4,7-8H,5-6H2,(H,18,21). The van der Waals surface area contributed by atoms with Crippen LogP contribution in [0.25, 0.3) is 10.7 Å². The van der Waals surface area contributed by atoms with Crippen molar-refractivity contribution in [1.82, 2.24) is 15.5 Å². The Labute approximate surface area is 146 Å². The second-order valence-corrected chi connectivity index (χ2v) is 6.41. The highest BCUT2D eigenvalue weighted by Gasteiger charge is 2.12. The maximum atomic E-state index is 12.1. The van der Waals surface area contributed by atoms with Crippen molar-refractivity contribution in [3.63, 3.8) is 0 Å². The van der Waals surface area contributed by atoms with Crippen LogP contribution in [0.15, 0.2) is 40.2 Å². The molecule has 0 spiro atoms. The number of carbonyl (C=O) groups excluding carboxylic acids is 1. The molecule has 0 aliphatic heterocycles. The molecule has 1 N–H and O–H groups in total. The second kappa shape index (κ2) is 7.12. The van der Waals surface area contributed by atoms with Gasteiger partial charge < -0.3 is 9.84 Å². The molecular formula is C15H11Cl2N3O2S. The number of nitrogens with one attached hydrogen (secondary N) is 1. The topological polar surface area (TPSA) is 68.0 Å². The van der Waals surface area contributed by atoms with Crippen molar-refractivity contribution >= 4 is 40.4 Å². The lowest BCUT2D eigenvalue weighted by Gasteiger charge is -2.05. The fourth-order valence-electron chi connectivity index (χ4n) is 1.91. The second-order valence-electron chi connectivity index (χ2n) is 4.62. The van der Waals surface area contributed by atoms with Crippen LogP contribution in [0.5, 0.6) is 0 Å². The van der Waals surface area contributed by atoms with Gasteiger partial charge in [-0.3, -0.25) is 4.79 Å². The lowest BCUT2D eigenvalue weighted by molar-refractivity contribution is 0.0953. The van der Waals surface area contributed by atoms with E-state index in [0.717, 1.165) is 4.88 Å². The van der Waals surface area contributed by atoms with Crippen LogP contribution >= 0.6 is 34.5 Å². The molecule has 3 aromatic rings. The van der Waals surface area contributed by atoms with Crippen LogP contribution in [0, 0.1) is 0 Å². The van der Waals surface area contributed by atoms with Crippen molar-refractivity contribution in [3.8, 4) is 10.7 Å². The third kappa shape index (κ3) is 3.90. The average Bonchev–Trinajstić information content (AvgIpc) is 3.18. The minimum atomic E-state index is -0.273. The van der Waals surface area contributed by atoms with Gasteiger partial charge in [0.25, 0.3) is 5.91 Å². The first-order valence-corrected chi connectivity index (χ1v) is 8.37. The normalized spacial score (nSPS) is 10.7. The largest absolute Gasteiger partial charge is 0.351 e. The highest BCUT2D eigenvalue weighted by molar-refractivity contribution is 7.13. The van der Waals surface area contributed by atoms with Crippen LogP contribution in [0.4, 0.5) is 0 Å². The van der Waals surface area contributed by atoms with E-state index in [1.807, 2.05) is 17.5 Å². The predicted molar refractivity (Wildman–Crippen MR) is 90.1 cm³/mol. The Morgan fingerprint density at radius 1 is 1.30 bits per heavy atom. The van der Waals surface area contributed by atoms with Crippen molar-refractivity contribution in [2.75, 3.05) is 6.54 Å². The number of hydrogen-bond donors (Lipinski definition) is 1. The number of rotatable bonds is 5. The van der Waals surface area contributed by atoms with Crippen molar-refractivity contribution in [2.45, 2.75) is 6.42 Å². The SMILES string of the molecule is O=C(NCCc1nc(-c2cccs2)no1)c1ccc(Cl)cc1Cl. The van der Waals surface area contributed by atoms with Crippen LogP contribution < -0.4 is 5.32 Å². The van der Waals surface area contributed by atoms with Crippen molar-refractivity contribution in [1.29, 1.82) is 0 Å². The summed E-state index contributed by atoms with van der Waals surface area (Å²) < 4.78 is 5.17. The monoisotopic (exact) mass is 367 g/mol. The molecule has 1 amide bonds. The molecular weight excluding hydrogens is 357 g/mol. The van der Waals surface area contributed by atoms with E-state index in [1.165, 1.54) is 17.4 Å². The third-order valence-corrected chi connectivity index (χ3v) is 4.42. The van der Waals surface area contributed by atoms with E-state index in [1.54, 1.807) is 12.1 Å². The van der Waals surface area contributed by atoms with E-state index in [9.17, 15) is 4.79 Å². The number of thiophene rings is 1. The molecule has 0 fully saturated rings. The molecule has 3 rings (SSSR count). The number of halogens is 2. The van der Waals surface area contributed by atoms with E-state index in [4.69, 9.17) is 27.7 Å². The zero-order valence-corrected chi connectivity index (χ0v) is 14.1. The van der Waals surface area contributed by atoms with Crippen LogP contribution in [0.1, 0.15) is 16.2 Å². The number of carbonyl (C=O) groups is 1. The van der Waals surface area contributed by atoms with Gasteiger partial charge in [-0.1, -0.05) is 34.4 Å². The maximum absolute atomic E-state index is 12.1. The minimum absolute atomic E-state index is 0.273. The molecule has 1 aromatic carbocycles. The zero-order chi connectivity index (χ0) is 16.2. The van der Waals surface area contributed by atoms with Gasteiger partial charge in [-0.25, -0.2) is 0 Å². The minimum Gasteiger partial charge on any atom is -0.351 e. The van der Waals surface area contributed by atoms with E-state index in [0.29, 0.717) is 40.3 Å². The summed E-state index contributed by atoms with van der Waals surface area (Å²) in [6, 6.07) is 8.58. The van der Waals surface area contributed by atoms with Crippen LogP contribution in [-0.4, -0.2) is 22.6 Å². The van der Waals surface area contributed by atoms with Crippen LogP contribution in [0.2, 0.25) is 10.0 Å². The summed E-state index contributed by atoms with van der Waals surface area (Å²) in [7, 11) is 0. The molecule has 8 heteroatoms. The smallest absolute Gasteiger partial charge is 0.252 e. The summed E-state index contributed by atoms with van der Waals surface area (Å²) in [4.78, 5) is 17.3. The molecule has 0 bridgehead atoms. The molecule has 0 aliphatic rings.